The maximum Gasteiger partial charge on any atom is 0.163 e. The molecule has 116 valence electrons. The lowest BCUT2D eigenvalue weighted by molar-refractivity contribution is 0.196. The molecule has 0 aliphatic rings. The number of rotatable bonds is 6. The summed E-state index contributed by atoms with van der Waals surface area (Å²) in [4.78, 5) is 11.6. The molecule has 0 radical (unpaired) electrons. The molecule has 0 aliphatic carbocycles. The van der Waals surface area contributed by atoms with Gasteiger partial charge in [0, 0.05) is 19.6 Å². The molecule has 2 heterocycles. The zero-order valence-corrected chi connectivity index (χ0v) is 13.9. The van der Waals surface area contributed by atoms with Crippen molar-refractivity contribution < 1.29 is 0 Å². The van der Waals surface area contributed by atoms with E-state index in [0.717, 1.165) is 35.8 Å². The van der Waals surface area contributed by atoms with Crippen LogP contribution in [0.4, 0.5) is 5.82 Å². The average Bonchev–Trinajstić information content (AvgIpc) is 2.80. The fourth-order valence-corrected chi connectivity index (χ4v) is 2.32. The van der Waals surface area contributed by atoms with E-state index in [0.29, 0.717) is 12.0 Å². The molecule has 0 saturated carbocycles. The van der Waals surface area contributed by atoms with Crippen LogP contribution in [0.2, 0.25) is 0 Å². The molecule has 0 aromatic carbocycles. The van der Waals surface area contributed by atoms with Gasteiger partial charge < -0.3 is 5.32 Å². The molecule has 0 bridgehead atoms. The molecule has 6 nitrogen and oxygen atoms in total. The Labute approximate surface area is 126 Å². The van der Waals surface area contributed by atoms with Crippen molar-refractivity contribution in [2.45, 2.75) is 40.3 Å². The maximum atomic E-state index is 4.67. The van der Waals surface area contributed by atoms with Crippen molar-refractivity contribution in [1.29, 1.82) is 0 Å². The van der Waals surface area contributed by atoms with E-state index in [1.807, 2.05) is 13.2 Å². The summed E-state index contributed by atoms with van der Waals surface area (Å²) in [7, 11) is 4.03. The van der Waals surface area contributed by atoms with Crippen LogP contribution in [0.3, 0.4) is 0 Å². The first-order valence-electron chi connectivity index (χ1n) is 7.56. The van der Waals surface area contributed by atoms with E-state index in [1.165, 1.54) is 0 Å². The van der Waals surface area contributed by atoms with Crippen molar-refractivity contribution in [2.24, 2.45) is 13.0 Å². The highest BCUT2D eigenvalue weighted by Gasteiger charge is 2.17. The van der Waals surface area contributed by atoms with E-state index in [-0.39, 0.29) is 0 Å². The Bertz CT molecular complexity index is 603. The smallest absolute Gasteiger partial charge is 0.163 e. The Hall–Kier alpha value is -1.69. The lowest BCUT2D eigenvalue weighted by atomic mass is 10.1. The van der Waals surface area contributed by atoms with Crippen molar-refractivity contribution >= 4 is 16.9 Å². The van der Waals surface area contributed by atoms with Crippen molar-refractivity contribution in [3.63, 3.8) is 0 Å². The second-order valence-electron chi connectivity index (χ2n) is 5.92. The van der Waals surface area contributed by atoms with Crippen LogP contribution in [0.5, 0.6) is 0 Å². The van der Waals surface area contributed by atoms with Gasteiger partial charge in [-0.25, -0.2) is 9.97 Å². The molecule has 0 aliphatic heterocycles. The third-order valence-corrected chi connectivity index (χ3v) is 4.03. The summed E-state index contributed by atoms with van der Waals surface area (Å²) in [5.74, 6) is 2.30. The van der Waals surface area contributed by atoms with Crippen molar-refractivity contribution in [3.05, 3.63) is 12.0 Å². The minimum atomic E-state index is 0.485. The van der Waals surface area contributed by atoms with Crippen LogP contribution in [-0.4, -0.2) is 44.3 Å². The number of hydrogen-bond donors (Lipinski definition) is 1. The first-order valence-corrected chi connectivity index (χ1v) is 7.56. The molecular formula is C15H26N6. The van der Waals surface area contributed by atoms with E-state index >= 15 is 0 Å². The molecular weight excluding hydrogens is 264 g/mol. The molecule has 2 rings (SSSR count). The van der Waals surface area contributed by atoms with Crippen molar-refractivity contribution in [3.8, 4) is 0 Å². The summed E-state index contributed by atoms with van der Waals surface area (Å²) in [6, 6.07) is 0.485. The quantitative estimate of drug-likeness (QED) is 0.884. The first kappa shape index (κ1) is 15.7. The van der Waals surface area contributed by atoms with Crippen LogP contribution >= 0.6 is 0 Å². The second-order valence-corrected chi connectivity index (χ2v) is 5.92. The van der Waals surface area contributed by atoms with Gasteiger partial charge in [-0.3, -0.25) is 9.58 Å². The van der Waals surface area contributed by atoms with E-state index in [2.05, 4.69) is 60.0 Å². The highest BCUT2D eigenvalue weighted by atomic mass is 15.3. The van der Waals surface area contributed by atoms with Gasteiger partial charge in [0.1, 0.15) is 11.6 Å². The molecule has 1 unspecified atom stereocenters. The van der Waals surface area contributed by atoms with Crippen LogP contribution in [-0.2, 0) is 13.6 Å². The molecule has 1 atom stereocenters. The van der Waals surface area contributed by atoms with E-state index in [1.54, 1.807) is 4.68 Å². The van der Waals surface area contributed by atoms with E-state index in [4.69, 9.17) is 0 Å². The Morgan fingerprint density at radius 2 is 2.00 bits per heavy atom. The summed E-state index contributed by atoms with van der Waals surface area (Å²) in [6.07, 6.45) is 1.82. The number of aryl methyl sites for hydroxylation is 1. The fraction of sp³-hybridized carbons (Fsp3) is 0.667. The van der Waals surface area contributed by atoms with Gasteiger partial charge >= 0.3 is 0 Å². The third-order valence-electron chi connectivity index (χ3n) is 4.03. The highest BCUT2D eigenvalue weighted by Crippen LogP contribution is 2.20. The molecule has 0 spiro atoms. The minimum absolute atomic E-state index is 0.485. The molecule has 0 fully saturated rings. The van der Waals surface area contributed by atoms with E-state index in [9.17, 15) is 0 Å². The Balaban J connectivity index is 2.33. The zero-order valence-electron chi connectivity index (χ0n) is 13.9. The van der Waals surface area contributed by atoms with Crippen LogP contribution in [0.15, 0.2) is 6.20 Å². The maximum absolute atomic E-state index is 4.67. The summed E-state index contributed by atoms with van der Waals surface area (Å²) < 4.78 is 1.80. The largest absolute Gasteiger partial charge is 0.370 e. The van der Waals surface area contributed by atoms with Crippen LogP contribution in [0.25, 0.3) is 11.0 Å². The lowest BCUT2D eigenvalue weighted by Gasteiger charge is -2.27. The van der Waals surface area contributed by atoms with Crippen LogP contribution in [0.1, 0.15) is 33.5 Å². The number of anilines is 1. The minimum Gasteiger partial charge on any atom is -0.370 e. The van der Waals surface area contributed by atoms with Gasteiger partial charge in [-0.2, -0.15) is 5.10 Å². The molecule has 2 aromatic heterocycles. The van der Waals surface area contributed by atoms with Gasteiger partial charge in [0.25, 0.3) is 0 Å². The Morgan fingerprint density at radius 1 is 1.29 bits per heavy atom. The highest BCUT2D eigenvalue weighted by molar-refractivity contribution is 5.86. The normalized spacial score (nSPS) is 13.3. The SMILES string of the molecule is CCNc1nc(CN(C)C(C)C(C)C)nc2c1cnn2C. The van der Waals surface area contributed by atoms with Gasteiger partial charge in [-0.05, 0) is 26.8 Å². The standard InChI is InChI=1S/C15H26N6/c1-7-16-14-12-8-17-21(6)15(12)19-13(18-14)9-20(5)11(4)10(2)3/h8,10-11H,7,9H2,1-6H3,(H,16,18,19). The molecule has 0 amide bonds. The van der Waals surface area contributed by atoms with Gasteiger partial charge in [-0.1, -0.05) is 13.8 Å². The molecule has 6 heteroatoms. The van der Waals surface area contributed by atoms with Gasteiger partial charge in [0.2, 0.25) is 0 Å². The monoisotopic (exact) mass is 290 g/mol. The molecule has 1 N–H and O–H groups in total. The summed E-state index contributed by atoms with van der Waals surface area (Å²) in [5, 5.41) is 8.56. The predicted octanol–water partition coefficient (Wildman–Crippen LogP) is 2.27. The molecule has 21 heavy (non-hydrogen) atoms. The summed E-state index contributed by atoms with van der Waals surface area (Å²) >= 11 is 0. The zero-order chi connectivity index (χ0) is 15.6. The third kappa shape index (κ3) is 3.32. The summed E-state index contributed by atoms with van der Waals surface area (Å²) in [6.45, 7) is 10.3. The van der Waals surface area contributed by atoms with Crippen molar-refractivity contribution in [1.82, 2.24) is 24.6 Å². The van der Waals surface area contributed by atoms with E-state index < -0.39 is 0 Å². The van der Waals surface area contributed by atoms with Gasteiger partial charge in [0.05, 0.1) is 18.1 Å². The topological polar surface area (TPSA) is 58.9 Å². The lowest BCUT2D eigenvalue weighted by Crippen LogP contribution is -2.33. The Morgan fingerprint density at radius 3 is 2.62 bits per heavy atom. The molecule has 0 saturated heterocycles. The Kier molecular flexibility index (Phi) is 4.77. The summed E-state index contributed by atoms with van der Waals surface area (Å²) in [5.41, 5.74) is 0.876. The van der Waals surface area contributed by atoms with Gasteiger partial charge in [-0.15, -0.1) is 0 Å². The fourth-order valence-electron chi connectivity index (χ4n) is 2.32. The molecule has 2 aromatic rings. The van der Waals surface area contributed by atoms with Gasteiger partial charge in [0.15, 0.2) is 5.65 Å². The van der Waals surface area contributed by atoms with Crippen LogP contribution < -0.4 is 5.32 Å². The average molecular weight is 290 g/mol. The van der Waals surface area contributed by atoms with Crippen molar-refractivity contribution in [2.75, 3.05) is 18.9 Å². The number of nitrogens with zero attached hydrogens (tertiary/aromatic N) is 5. The second kappa shape index (κ2) is 6.39. The first-order chi connectivity index (χ1) is 9.93. The number of hydrogen-bond acceptors (Lipinski definition) is 5. The number of aromatic nitrogens is 4. The number of fused-ring (bicyclic) bond motifs is 1. The predicted molar refractivity (Wildman–Crippen MR) is 86.2 cm³/mol. The van der Waals surface area contributed by atoms with Crippen LogP contribution in [0, 0.1) is 5.92 Å². The number of nitrogens with one attached hydrogen (secondary N) is 1.